The van der Waals surface area contributed by atoms with Crippen molar-refractivity contribution in [2.75, 3.05) is 17.8 Å². The van der Waals surface area contributed by atoms with E-state index in [4.69, 9.17) is 5.41 Å². The Hall–Kier alpha value is -1.69. The lowest BCUT2D eigenvalue weighted by molar-refractivity contribution is 0.872. The molecule has 5 nitrogen and oxygen atoms in total. The molecule has 0 aliphatic carbocycles. The number of anilines is 1. The second-order valence-corrected chi connectivity index (χ2v) is 4.43. The minimum absolute atomic E-state index is 0.819. The molecular formula is C12H17N5S. The van der Waals surface area contributed by atoms with Crippen molar-refractivity contribution in [1.82, 2.24) is 0 Å². The normalized spacial score (nSPS) is 11.2. The number of thioether (sulfide) groups is 1. The monoisotopic (exact) mass is 263 g/mol. The van der Waals surface area contributed by atoms with Crippen molar-refractivity contribution in [3.63, 3.8) is 0 Å². The highest BCUT2D eigenvalue weighted by molar-refractivity contribution is 8.12. The minimum atomic E-state index is 0.819. The van der Waals surface area contributed by atoms with Crippen LogP contribution in [0.1, 0.15) is 12.8 Å². The number of hydrogen-bond acceptors (Lipinski definition) is 4. The Morgan fingerprint density at radius 3 is 2.83 bits per heavy atom. The van der Waals surface area contributed by atoms with Gasteiger partial charge in [0.1, 0.15) is 0 Å². The van der Waals surface area contributed by atoms with Gasteiger partial charge in [0.05, 0.1) is 11.2 Å². The summed E-state index contributed by atoms with van der Waals surface area (Å²) in [6.45, 7) is 0. The van der Waals surface area contributed by atoms with Gasteiger partial charge in [-0.1, -0.05) is 18.2 Å². The predicted molar refractivity (Wildman–Crippen MR) is 78.7 cm³/mol. The number of hydrogen-bond donors (Lipinski definition) is 1. The minimum Gasteiger partial charge on any atom is -0.313 e. The van der Waals surface area contributed by atoms with Crippen LogP contribution in [-0.4, -0.2) is 24.6 Å². The van der Waals surface area contributed by atoms with Crippen LogP contribution in [0.2, 0.25) is 0 Å². The number of unbranched alkanes of at least 4 members (excludes halogenated alkanes) is 1. The van der Waals surface area contributed by atoms with Gasteiger partial charge in [-0.25, -0.2) is 5.01 Å². The quantitative estimate of drug-likeness (QED) is 0.256. The number of nitrogens with one attached hydrogen (secondary N) is 1. The molecule has 1 aromatic rings. The molecule has 96 valence electrons. The molecule has 0 radical (unpaired) electrons. The summed E-state index contributed by atoms with van der Waals surface area (Å²) < 4.78 is 0. The van der Waals surface area contributed by atoms with Gasteiger partial charge in [0.15, 0.2) is 0 Å². The third-order valence-electron chi connectivity index (χ3n) is 2.09. The number of nitrogens with zero attached hydrogens (tertiary/aromatic N) is 4. The predicted octanol–water partition coefficient (Wildman–Crippen LogP) is 3.60. The second-order valence-electron chi connectivity index (χ2n) is 3.48. The molecule has 0 aliphatic heterocycles. The van der Waals surface area contributed by atoms with E-state index in [9.17, 15) is 0 Å². The molecule has 1 rings (SSSR count). The highest BCUT2D eigenvalue weighted by atomic mass is 32.2. The standard InChI is InChI=1S/C12H17N5S/c1-17(12-7-3-2-4-8-12)16-15-14-11-18-10-6-5-9-13/h2-4,7-9,11,13H,5-6,10H2,1H3/b13-9?,14-11+,16-15-. The first-order chi connectivity index (χ1) is 8.84. The molecule has 0 amide bonds. The Bertz CT molecular complexity index is 391. The topological polar surface area (TPSA) is 64.2 Å². The maximum absolute atomic E-state index is 6.87. The van der Waals surface area contributed by atoms with E-state index in [2.05, 4.69) is 15.5 Å². The van der Waals surface area contributed by atoms with E-state index < -0.39 is 0 Å². The first kappa shape index (κ1) is 14.4. The number of rotatable bonds is 8. The van der Waals surface area contributed by atoms with Gasteiger partial charge in [-0.2, -0.15) is 0 Å². The van der Waals surface area contributed by atoms with E-state index in [1.807, 2.05) is 37.4 Å². The molecule has 1 N–H and O–H groups in total. The average Bonchev–Trinajstić information content (AvgIpc) is 2.42. The lowest BCUT2D eigenvalue weighted by Gasteiger charge is -2.08. The molecule has 0 aromatic heterocycles. The Labute approximate surface area is 111 Å². The fraction of sp³-hybridized carbons (Fsp3) is 0.333. The van der Waals surface area contributed by atoms with Crippen LogP contribution in [0, 0.1) is 5.41 Å². The largest absolute Gasteiger partial charge is 0.313 e. The zero-order chi connectivity index (χ0) is 13.1. The van der Waals surface area contributed by atoms with Gasteiger partial charge in [0.25, 0.3) is 0 Å². The average molecular weight is 263 g/mol. The van der Waals surface area contributed by atoms with Crippen LogP contribution in [0.5, 0.6) is 0 Å². The van der Waals surface area contributed by atoms with Crippen LogP contribution in [0.25, 0.3) is 0 Å². The van der Waals surface area contributed by atoms with E-state index in [1.165, 1.54) is 6.21 Å². The van der Waals surface area contributed by atoms with Crippen LogP contribution in [0.3, 0.4) is 0 Å². The third kappa shape index (κ3) is 6.15. The smallest absolute Gasteiger partial charge is 0.0843 e. The maximum Gasteiger partial charge on any atom is 0.0843 e. The third-order valence-corrected chi connectivity index (χ3v) is 2.86. The van der Waals surface area contributed by atoms with Gasteiger partial charge in [0.2, 0.25) is 0 Å². The summed E-state index contributed by atoms with van der Waals surface area (Å²) in [6, 6.07) is 9.76. The molecule has 0 fully saturated rings. The Balaban J connectivity index is 2.23. The lowest BCUT2D eigenvalue weighted by Crippen LogP contribution is -2.06. The van der Waals surface area contributed by atoms with Crippen LogP contribution in [0.15, 0.2) is 45.9 Å². The Kier molecular flexibility index (Phi) is 7.47. The van der Waals surface area contributed by atoms with Gasteiger partial charge < -0.3 is 5.41 Å². The van der Waals surface area contributed by atoms with E-state index in [0.29, 0.717) is 0 Å². The van der Waals surface area contributed by atoms with Crippen molar-refractivity contribution in [2.24, 2.45) is 15.5 Å². The molecule has 0 heterocycles. The van der Waals surface area contributed by atoms with E-state index in [-0.39, 0.29) is 0 Å². The first-order valence-electron chi connectivity index (χ1n) is 5.66. The summed E-state index contributed by atoms with van der Waals surface area (Å²) in [5, 5.41) is 20.0. The van der Waals surface area contributed by atoms with Gasteiger partial charge in [0, 0.05) is 7.05 Å². The highest BCUT2D eigenvalue weighted by Gasteiger charge is 1.94. The van der Waals surface area contributed by atoms with Gasteiger partial charge in [-0.05, 0) is 47.4 Å². The van der Waals surface area contributed by atoms with Crippen molar-refractivity contribution >= 4 is 29.2 Å². The van der Waals surface area contributed by atoms with Crippen LogP contribution in [0.4, 0.5) is 5.69 Å². The van der Waals surface area contributed by atoms with Crippen LogP contribution in [-0.2, 0) is 0 Å². The molecule has 0 saturated heterocycles. The molecule has 0 atom stereocenters. The molecule has 0 unspecified atom stereocenters. The van der Waals surface area contributed by atoms with Crippen LogP contribution < -0.4 is 5.01 Å². The molecular weight excluding hydrogens is 246 g/mol. The second kappa shape index (κ2) is 9.35. The Morgan fingerprint density at radius 2 is 2.11 bits per heavy atom. The molecule has 0 saturated carbocycles. The van der Waals surface area contributed by atoms with E-state index in [1.54, 1.807) is 22.3 Å². The van der Waals surface area contributed by atoms with Gasteiger partial charge >= 0.3 is 0 Å². The molecule has 0 aliphatic rings. The molecule has 0 bridgehead atoms. The Morgan fingerprint density at radius 1 is 1.33 bits per heavy atom. The SMILES string of the molecule is CN(/N=N\N=C\SCCCC=N)c1ccccc1. The van der Waals surface area contributed by atoms with Crippen LogP contribution >= 0.6 is 11.8 Å². The first-order valence-corrected chi connectivity index (χ1v) is 6.71. The summed E-state index contributed by atoms with van der Waals surface area (Å²) in [5.74, 6) is 0.947. The highest BCUT2D eigenvalue weighted by Crippen LogP contribution is 2.11. The molecule has 6 heteroatoms. The van der Waals surface area contributed by atoms with E-state index in [0.717, 1.165) is 24.3 Å². The summed E-state index contributed by atoms with van der Waals surface area (Å²) in [7, 11) is 1.82. The summed E-state index contributed by atoms with van der Waals surface area (Å²) in [4.78, 5) is 0. The number of para-hydroxylation sites is 1. The van der Waals surface area contributed by atoms with Gasteiger partial charge in [-0.15, -0.1) is 16.9 Å². The molecule has 0 spiro atoms. The van der Waals surface area contributed by atoms with E-state index >= 15 is 0 Å². The van der Waals surface area contributed by atoms with Crippen molar-refractivity contribution in [3.05, 3.63) is 30.3 Å². The fourth-order valence-electron chi connectivity index (χ4n) is 1.15. The molecule has 1 aromatic carbocycles. The maximum atomic E-state index is 6.87. The van der Waals surface area contributed by atoms with Crippen molar-refractivity contribution < 1.29 is 0 Å². The number of benzene rings is 1. The van der Waals surface area contributed by atoms with Crippen molar-refractivity contribution in [3.8, 4) is 0 Å². The summed E-state index contributed by atoms with van der Waals surface area (Å²) in [6.07, 6.45) is 3.23. The van der Waals surface area contributed by atoms with Crippen molar-refractivity contribution in [1.29, 1.82) is 5.41 Å². The molecule has 18 heavy (non-hydrogen) atoms. The zero-order valence-corrected chi connectivity index (χ0v) is 11.2. The lowest BCUT2D eigenvalue weighted by atomic mass is 10.3. The fourth-order valence-corrected chi connectivity index (χ4v) is 1.70. The summed E-state index contributed by atoms with van der Waals surface area (Å²) in [5.41, 5.74) is 2.64. The zero-order valence-electron chi connectivity index (χ0n) is 10.4. The van der Waals surface area contributed by atoms with Gasteiger partial charge in [-0.3, -0.25) is 0 Å². The van der Waals surface area contributed by atoms with Crippen molar-refractivity contribution in [2.45, 2.75) is 12.8 Å². The summed E-state index contributed by atoms with van der Waals surface area (Å²) >= 11 is 1.57.